The molecular weight excluding hydrogens is 321 g/mol. The zero-order chi connectivity index (χ0) is 15.7. The molecule has 2 aromatic carbocycles. The van der Waals surface area contributed by atoms with E-state index in [1.165, 1.54) is 0 Å². The van der Waals surface area contributed by atoms with Gasteiger partial charge < -0.3 is 4.74 Å². The Morgan fingerprint density at radius 1 is 1.09 bits per heavy atom. The van der Waals surface area contributed by atoms with Gasteiger partial charge in [-0.1, -0.05) is 53.0 Å². The molecule has 0 saturated carbocycles. The highest BCUT2D eigenvalue weighted by molar-refractivity contribution is 6.43. The number of ether oxygens (including phenoxy) is 1. The van der Waals surface area contributed by atoms with Crippen molar-refractivity contribution in [1.29, 1.82) is 0 Å². The molecule has 0 bridgehead atoms. The molecule has 0 radical (unpaired) electrons. The molecule has 22 heavy (non-hydrogen) atoms. The smallest absolute Gasteiger partial charge is 0.363 e. The first kappa shape index (κ1) is 14.8. The largest absolute Gasteiger partial charge is 0.402 e. The highest BCUT2D eigenvalue weighted by Crippen LogP contribution is 2.28. The van der Waals surface area contributed by atoms with Crippen molar-refractivity contribution in [3.05, 3.63) is 74.9 Å². The topological polar surface area (TPSA) is 38.7 Å². The molecule has 110 valence electrons. The quantitative estimate of drug-likeness (QED) is 0.593. The van der Waals surface area contributed by atoms with E-state index in [1.54, 1.807) is 24.3 Å². The lowest BCUT2D eigenvalue weighted by molar-refractivity contribution is -0.129. The van der Waals surface area contributed by atoms with Crippen LogP contribution in [-0.2, 0) is 9.53 Å². The number of hydrogen-bond acceptors (Lipinski definition) is 3. The van der Waals surface area contributed by atoms with Gasteiger partial charge in [-0.25, -0.2) is 9.79 Å². The number of aliphatic imine (C=N–C) groups is 1. The Kier molecular flexibility index (Phi) is 4.01. The van der Waals surface area contributed by atoms with Crippen molar-refractivity contribution in [3.63, 3.8) is 0 Å². The van der Waals surface area contributed by atoms with Crippen molar-refractivity contribution < 1.29 is 9.53 Å². The van der Waals surface area contributed by atoms with Crippen molar-refractivity contribution in [3.8, 4) is 0 Å². The molecule has 0 amide bonds. The molecule has 0 N–H and O–H groups in total. The first-order chi connectivity index (χ1) is 10.5. The minimum atomic E-state index is -0.508. The van der Waals surface area contributed by atoms with Crippen molar-refractivity contribution in [2.24, 2.45) is 4.99 Å². The number of carbonyl (C=O) groups is 1. The lowest BCUT2D eigenvalue weighted by Crippen LogP contribution is -2.05. The van der Waals surface area contributed by atoms with E-state index in [2.05, 4.69) is 4.99 Å². The fourth-order valence-electron chi connectivity index (χ4n) is 2.01. The fourth-order valence-corrected chi connectivity index (χ4v) is 2.37. The number of aryl methyl sites for hydroxylation is 1. The van der Waals surface area contributed by atoms with Gasteiger partial charge in [-0.05, 0) is 36.8 Å². The van der Waals surface area contributed by atoms with E-state index in [4.69, 9.17) is 27.9 Å². The van der Waals surface area contributed by atoms with Gasteiger partial charge in [-0.15, -0.1) is 0 Å². The minimum absolute atomic E-state index is 0.194. The number of benzene rings is 2. The van der Waals surface area contributed by atoms with E-state index < -0.39 is 5.97 Å². The van der Waals surface area contributed by atoms with E-state index >= 15 is 0 Å². The summed E-state index contributed by atoms with van der Waals surface area (Å²) in [5, 5.41) is 0.800. The maximum atomic E-state index is 11.9. The fraction of sp³-hybridized carbons (Fsp3) is 0.0588. The lowest BCUT2D eigenvalue weighted by atomic mass is 10.1. The van der Waals surface area contributed by atoms with Crippen LogP contribution in [0.25, 0.3) is 6.08 Å². The Hall–Kier alpha value is -2.10. The van der Waals surface area contributed by atoms with Crippen LogP contribution < -0.4 is 0 Å². The van der Waals surface area contributed by atoms with Crippen LogP contribution in [-0.4, -0.2) is 11.9 Å². The average molecular weight is 332 g/mol. The normalized spacial score (nSPS) is 15.9. The molecule has 1 heterocycles. The van der Waals surface area contributed by atoms with E-state index in [-0.39, 0.29) is 11.6 Å². The Morgan fingerprint density at radius 2 is 1.82 bits per heavy atom. The molecule has 0 unspecified atom stereocenters. The zero-order valence-electron chi connectivity index (χ0n) is 11.6. The van der Waals surface area contributed by atoms with Crippen LogP contribution in [0.4, 0.5) is 0 Å². The van der Waals surface area contributed by atoms with Crippen molar-refractivity contribution in [1.82, 2.24) is 0 Å². The number of rotatable bonds is 2. The van der Waals surface area contributed by atoms with E-state index in [1.807, 2.05) is 31.2 Å². The second-order valence-corrected chi connectivity index (χ2v) is 5.63. The van der Waals surface area contributed by atoms with Gasteiger partial charge in [0.05, 0.1) is 10.0 Å². The Balaban J connectivity index is 1.97. The van der Waals surface area contributed by atoms with Gasteiger partial charge in [0.2, 0.25) is 5.90 Å². The predicted molar refractivity (Wildman–Crippen MR) is 88.2 cm³/mol. The average Bonchev–Trinajstić information content (AvgIpc) is 2.86. The van der Waals surface area contributed by atoms with Gasteiger partial charge >= 0.3 is 5.97 Å². The van der Waals surface area contributed by atoms with Gasteiger partial charge in [0.15, 0.2) is 5.70 Å². The molecule has 1 aliphatic rings. The van der Waals surface area contributed by atoms with Crippen LogP contribution in [0.3, 0.4) is 0 Å². The molecule has 2 aromatic rings. The number of halogens is 2. The Labute approximate surface area is 137 Å². The molecule has 0 fully saturated rings. The standard InChI is InChI=1S/C17H11Cl2NO2/c1-10-5-7-11(8-6-10)16-20-14(17(21)22-16)9-12-3-2-4-13(18)15(12)19/h2-9H,1H3. The molecule has 0 atom stereocenters. The first-order valence-corrected chi connectivity index (χ1v) is 7.34. The summed E-state index contributed by atoms with van der Waals surface area (Å²) in [6.07, 6.45) is 1.57. The SMILES string of the molecule is Cc1ccc(C2=NC(=Cc3cccc(Cl)c3Cl)C(=O)O2)cc1. The molecule has 1 aliphatic heterocycles. The van der Waals surface area contributed by atoms with Gasteiger partial charge in [0.25, 0.3) is 0 Å². The summed E-state index contributed by atoms with van der Waals surface area (Å²) in [4.78, 5) is 16.2. The van der Waals surface area contributed by atoms with Crippen molar-refractivity contribution >= 4 is 41.1 Å². The molecule has 0 saturated heterocycles. The summed E-state index contributed by atoms with van der Waals surface area (Å²) < 4.78 is 5.21. The number of hydrogen-bond donors (Lipinski definition) is 0. The maximum Gasteiger partial charge on any atom is 0.363 e. The minimum Gasteiger partial charge on any atom is -0.402 e. The van der Waals surface area contributed by atoms with Crippen LogP contribution in [0, 0.1) is 6.92 Å². The lowest BCUT2D eigenvalue weighted by Gasteiger charge is -2.00. The monoisotopic (exact) mass is 331 g/mol. The van der Waals surface area contributed by atoms with Crippen molar-refractivity contribution in [2.75, 3.05) is 0 Å². The third-order valence-corrected chi connectivity index (χ3v) is 4.03. The maximum absolute atomic E-state index is 11.9. The molecular formula is C17H11Cl2NO2. The highest BCUT2D eigenvalue weighted by Gasteiger charge is 2.24. The predicted octanol–water partition coefficient (Wildman–Crippen LogP) is 4.65. The van der Waals surface area contributed by atoms with Crippen LogP contribution in [0.5, 0.6) is 0 Å². The van der Waals surface area contributed by atoms with Gasteiger partial charge in [-0.2, -0.15) is 0 Å². The zero-order valence-corrected chi connectivity index (χ0v) is 13.2. The van der Waals surface area contributed by atoms with Crippen molar-refractivity contribution in [2.45, 2.75) is 6.92 Å². The summed E-state index contributed by atoms with van der Waals surface area (Å²) in [7, 11) is 0. The summed E-state index contributed by atoms with van der Waals surface area (Å²) in [6, 6.07) is 12.8. The number of cyclic esters (lactones) is 1. The molecule has 3 nitrogen and oxygen atoms in total. The third kappa shape index (κ3) is 2.91. The summed E-state index contributed by atoms with van der Waals surface area (Å²) in [6.45, 7) is 1.98. The van der Waals surface area contributed by atoms with Gasteiger partial charge in [-0.3, -0.25) is 0 Å². The van der Waals surface area contributed by atoms with Crippen LogP contribution >= 0.6 is 23.2 Å². The van der Waals surface area contributed by atoms with Gasteiger partial charge in [0, 0.05) is 5.56 Å². The van der Waals surface area contributed by atoms with E-state index in [9.17, 15) is 4.79 Å². The first-order valence-electron chi connectivity index (χ1n) is 6.58. The second kappa shape index (κ2) is 5.95. The molecule has 0 aliphatic carbocycles. The molecule has 5 heteroatoms. The number of nitrogens with zero attached hydrogens (tertiary/aromatic N) is 1. The van der Waals surface area contributed by atoms with E-state index in [0.29, 0.717) is 15.6 Å². The molecule has 0 spiro atoms. The van der Waals surface area contributed by atoms with Crippen LogP contribution in [0.1, 0.15) is 16.7 Å². The Morgan fingerprint density at radius 3 is 2.55 bits per heavy atom. The molecule has 3 rings (SSSR count). The summed E-state index contributed by atoms with van der Waals surface area (Å²) in [5.74, 6) is -0.221. The highest BCUT2D eigenvalue weighted by atomic mass is 35.5. The van der Waals surface area contributed by atoms with Crippen LogP contribution in [0.15, 0.2) is 53.2 Å². The second-order valence-electron chi connectivity index (χ2n) is 4.85. The number of esters is 1. The van der Waals surface area contributed by atoms with Gasteiger partial charge in [0.1, 0.15) is 0 Å². The number of carbonyl (C=O) groups excluding carboxylic acids is 1. The van der Waals surface area contributed by atoms with Crippen LogP contribution in [0.2, 0.25) is 10.0 Å². The van der Waals surface area contributed by atoms with E-state index in [0.717, 1.165) is 11.1 Å². The summed E-state index contributed by atoms with van der Waals surface area (Å²) >= 11 is 12.1. The Bertz CT molecular complexity index is 808. The third-order valence-electron chi connectivity index (χ3n) is 3.19. The molecule has 0 aromatic heterocycles. The summed E-state index contributed by atoms with van der Waals surface area (Å²) in [5.41, 5.74) is 2.68.